The number of nitrogens with one attached hydrogen (secondary N) is 1. The number of rotatable bonds is 4. The van der Waals surface area contributed by atoms with Gasteiger partial charge < -0.3 is 19.9 Å². The van der Waals surface area contributed by atoms with Crippen LogP contribution < -0.4 is 5.32 Å². The predicted octanol–water partition coefficient (Wildman–Crippen LogP) is 0.113. The molecule has 0 aliphatic carbocycles. The van der Waals surface area contributed by atoms with Gasteiger partial charge in [-0.15, -0.1) is 0 Å². The highest BCUT2D eigenvalue weighted by Gasteiger charge is 2.32. The Labute approximate surface area is 137 Å². The number of nitrogens with zero attached hydrogens (tertiary/aromatic N) is 3. The number of carbonyl (C=O) groups excluding carboxylic acids is 2. The van der Waals surface area contributed by atoms with E-state index in [1.54, 1.807) is 0 Å². The van der Waals surface area contributed by atoms with Gasteiger partial charge >= 0.3 is 6.03 Å². The Morgan fingerprint density at radius 1 is 1.26 bits per heavy atom. The molecule has 0 aromatic heterocycles. The zero-order chi connectivity index (χ0) is 16.2. The summed E-state index contributed by atoms with van der Waals surface area (Å²) in [4.78, 5) is 30.3. The van der Waals surface area contributed by atoms with Crippen molar-refractivity contribution in [3.8, 4) is 0 Å². The Balaban J connectivity index is 1.43. The van der Waals surface area contributed by atoms with Gasteiger partial charge in [-0.2, -0.15) is 0 Å². The minimum Gasteiger partial charge on any atom is -0.375 e. The van der Waals surface area contributed by atoms with Crippen molar-refractivity contribution in [2.75, 3.05) is 52.4 Å². The van der Waals surface area contributed by atoms with Gasteiger partial charge in [0.05, 0.1) is 19.3 Å². The molecule has 3 saturated heterocycles. The molecule has 1 unspecified atom stereocenters. The fourth-order valence-corrected chi connectivity index (χ4v) is 3.71. The largest absolute Gasteiger partial charge is 0.375 e. The molecule has 3 heterocycles. The third-order valence-electron chi connectivity index (χ3n) is 5.19. The Morgan fingerprint density at radius 3 is 2.70 bits per heavy atom. The predicted molar refractivity (Wildman–Crippen MR) is 86.2 cm³/mol. The summed E-state index contributed by atoms with van der Waals surface area (Å²) in [5.41, 5.74) is 0. The summed E-state index contributed by atoms with van der Waals surface area (Å²) in [5.74, 6) is 0.212. The minimum atomic E-state index is 0.0680. The van der Waals surface area contributed by atoms with Crippen LogP contribution in [0.1, 0.15) is 26.2 Å². The van der Waals surface area contributed by atoms with Gasteiger partial charge in [0.15, 0.2) is 0 Å². The molecule has 0 radical (unpaired) electrons. The number of morpholine rings is 1. The maximum Gasteiger partial charge on any atom is 0.317 e. The molecule has 23 heavy (non-hydrogen) atoms. The smallest absolute Gasteiger partial charge is 0.317 e. The van der Waals surface area contributed by atoms with Gasteiger partial charge in [0.2, 0.25) is 5.91 Å². The van der Waals surface area contributed by atoms with E-state index in [1.807, 2.05) is 9.80 Å². The van der Waals surface area contributed by atoms with Crippen LogP contribution in [0.3, 0.4) is 0 Å². The van der Waals surface area contributed by atoms with Crippen molar-refractivity contribution in [1.29, 1.82) is 0 Å². The molecule has 0 bridgehead atoms. The summed E-state index contributed by atoms with van der Waals surface area (Å²) >= 11 is 0. The summed E-state index contributed by atoms with van der Waals surface area (Å²) in [5, 5.41) is 2.86. The Morgan fingerprint density at radius 2 is 2.04 bits per heavy atom. The number of piperidine rings is 1. The van der Waals surface area contributed by atoms with Crippen molar-refractivity contribution in [3.63, 3.8) is 0 Å². The molecule has 0 saturated carbocycles. The van der Waals surface area contributed by atoms with Crippen molar-refractivity contribution < 1.29 is 14.3 Å². The van der Waals surface area contributed by atoms with Crippen LogP contribution in [0, 0.1) is 0 Å². The standard InChI is InChI=1S/C16H28N4O3/c1-2-14-11-19(9-10-23-14)15(21)12-18-6-3-13(4-7-18)20-8-5-17-16(20)22/h13-14H,2-12H2,1H3,(H,17,22). The number of carbonyl (C=O) groups is 2. The van der Waals surface area contributed by atoms with E-state index in [1.165, 1.54) is 0 Å². The number of ether oxygens (including phenoxy) is 1. The average Bonchev–Trinajstić information content (AvgIpc) is 3.01. The maximum absolute atomic E-state index is 12.5. The van der Waals surface area contributed by atoms with E-state index in [4.69, 9.17) is 4.74 Å². The monoisotopic (exact) mass is 324 g/mol. The molecule has 3 aliphatic rings. The lowest BCUT2D eigenvalue weighted by Gasteiger charge is -2.38. The van der Waals surface area contributed by atoms with Gasteiger partial charge in [0.25, 0.3) is 0 Å². The van der Waals surface area contributed by atoms with Gasteiger partial charge in [0.1, 0.15) is 0 Å². The second-order valence-electron chi connectivity index (χ2n) is 6.67. The molecule has 0 spiro atoms. The summed E-state index contributed by atoms with van der Waals surface area (Å²) < 4.78 is 5.63. The zero-order valence-electron chi connectivity index (χ0n) is 14.0. The lowest BCUT2D eigenvalue weighted by molar-refractivity contribution is -0.140. The van der Waals surface area contributed by atoms with Crippen LogP contribution in [0.5, 0.6) is 0 Å². The third kappa shape index (κ3) is 3.95. The lowest BCUT2D eigenvalue weighted by Crippen LogP contribution is -2.51. The van der Waals surface area contributed by atoms with Crippen LogP contribution in [0.15, 0.2) is 0 Å². The maximum atomic E-state index is 12.5. The first kappa shape index (κ1) is 16.5. The Kier molecular flexibility index (Phi) is 5.38. The number of likely N-dealkylation sites (tertiary alicyclic amines) is 1. The lowest BCUT2D eigenvalue weighted by atomic mass is 10.0. The molecule has 7 nitrogen and oxygen atoms in total. The second-order valence-corrected chi connectivity index (χ2v) is 6.67. The van der Waals surface area contributed by atoms with E-state index in [0.29, 0.717) is 25.7 Å². The van der Waals surface area contributed by atoms with Gasteiger partial charge in [-0.1, -0.05) is 6.92 Å². The fourth-order valence-electron chi connectivity index (χ4n) is 3.71. The number of hydrogen-bond donors (Lipinski definition) is 1. The van der Waals surface area contributed by atoms with E-state index >= 15 is 0 Å². The topological polar surface area (TPSA) is 65.1 Å². The zero-order valence-corrected chi connectivity index (χ0v) is 14.0. The molecule has 3 rings (SSSR count). The van der Waals surface area contributed by atoms with E-state index in [0.717, 1.165) is 52.0 Å². The first-order chi connectivity index (χ1) is 11.2. The average molecular weight is 324 g/mol. The Bertz CT molecular complexity index is 437. The van der Waals surface area contributed by atoms with Crippen molar-refractivity contribution in [2.24, 2.45) is 0 Å². The molecule has 3 fully saturated rings. The third-order valence-corrected chi connectivity index (χ3v) is 5.19. The summed E-state index contributed by atoms with van der Waals surface area (Å²) in [7, 11) is 0. The van der Waals surface area contributed by atoms with Gasteiger partial charge in [-0.3, -0.25) is 9.69 Å². The van der Waals surface area contributed by atoms with Gasteiger partial charge in [-0.05, 0) is 19.3 Å². The Hall–Kier alpha value is -1.34. The van der Waals surface area contributed by atoms with Crippen LogP contribution in [-0.4, -0.2) is 91.2 Å². The number of hydrogen-bond acceptors (Lipinski definition) is 4. The molecular formula is C16H28N4O3. The number of amides is 3. The molecule has 3 aliphatic heterocycles. The van der Waals surface area contributed by atoms with Crippen molar-refractivity contribution in [1.82, 2.24) is 20.0 Å². The molecule has 0 aromatic rings. The second kappa shape index (κ2) is 7.49. The SMILES string of the molecule is CCC1CN(C(=O)CN2CCC(N3CCNC3=O)CC2)CCO1. The van der Waals surface area contributed by atoms with E-state index in [9.17, 15) is 9.59 Å². The molecule has 1 N–H and O–H groups in total. The van der Waals surface area contributed by atoms with Crippen molar-refractivity contribution >= 4 is 11.9 Å². The summed E-state index contributed by atoms with van der Waals surface area (Å²) in [6.07, 6.45) is 3.06. The van der Waals surface area contributed by atoms with Crippen LogP contribution in [-0.2, 0) is 9.53 Å². The highest BCUT2D eigenvalue weighted by molar-refractivity contribution is 5.78. The molecule has 1 atom stereocenters. The first-order valence-corrected chi connectivity index (χ1v) is 8.83. The van der Waals surface area contributed by atoms with E-state index in [2.05, 4.69) is 17.1 Å². The highest BCUT2D eigenvalue weighted by Crippen LogP contribution is 2.18. The van der Waals surface area contributed by atoms with Crippen LogP contribution in [0.25, 0.3) is 0 Å². The summed E-state index contributed by atoms with van der Waals surface area (Å²) in [6, 6.07) is 0.398. The van der Waals surface area contributed by atoms with Gasteiger partial charge in [-0.25, -0.2) is 4.79 Å². The highest BCUT2D eigenvalue weighted by atomic mass is 16.5. The molecular weight excluding hydrogens is 296 g/mol. The molecule has 130 valence electrons. The van der Waals surface area contributed by atoms with Crippen molar-refractivity contribution in [3.05, 3.63) is 0 Å². The van der Waals surface area contributed by atoms with Crippen molar-refractivity contribution in [2.45, 2.75) is 38.3 Å². The van der Waals surface area contributed by atoms with Gasteiger partial charge in [0, 0.05) is 45.3 Å². The molecule has 0 aromatic carbocycles. The van der Waals surface area contributed by atoms with Crippen LogP contribution in [0.2, 0.25) is 0 Å². The number of urea groups is 1. The quantitative estimate of drug-likeness (QED) is 0.797. The first-order valence-electron chi connectivity index (χ1n) is 8.83. The summed E-state index contributed by atoms with van der Waals surface area (Å²) in [6.45, 7) is 8.02. The van der Waals surface area contributed by atoms with Crippen LogP contribution >= 0.6 is 0 Å². The fraction of sp³-hybridized carbons (Fsp3) is 0.875. The molecule has 3 amide bonds. The minimum absolute atomic E-state index is 0.0680. The van der Waals surface area contributed by atoms with E-state index < -0.39 is 0 Å². The molecule has 7 heteroatoms. The van der Waals surface area contributed by atoms with E-state index in [-0.39, 0.29) is 18.0 Å². The normalized spacial score (nSPS) is 27.3. The van der Waals surface area contributed by atoms with Crippen LogP contribution in [0.4, 0.5) is 4.79 Å².